The average Bonchev–Trinajstić information content (AvgIpc) is 3.01. The van der Waals surface area contributed by atoms with Gasteiger partial charge in [0.05, 0.1) is 12.9 Å². The summed E-state index contributed by atoms with van der Waals surface area (Å²) < 4.78 is 10.3. The number of ether oxygens (including phenoxy) is 1. The topological polar surface area (TPSA) is 126 Å². The van der Waals surface area contributed by atoms with Crippen molar-refractivity contribution in [3.63, 3.8) is 0 Å². The maximum absolute atomic E-state index is 5.63. The van der Waals surface area contributed by atoms with E-state index in [2.05, 4.69) is 20.1 Å². The first-order valence-electron chi connectivity index (χ1n) is 6.64. The normalized spacial score (nSPS) is 10.7. The highest BCUT2D eigenvalue weighted by Gasteiger charge is 2.10. The molecule has 0 unspecified atom stereocenters. The zero-order valence-corrected chi connectivity index (χ0v) is 13.1. The second kappa shape index (κ2) is 6.53. The molecular weight excluding hydrogens is 316 g/mol. The van der Waals surface area contributed by atoms with Crippen LogP contribution in [0.3, 0.4) is 0 Å². The van der Waals surface area contributed by atoms with Crippen LogP contribution in [0, 0.1) is 0 Å². The summed E-state index contributed by atoms with van der Waals surface area (Å²) in [6, 6.07) is 8.90. The zero-order valence-electron chi connectivity index (χ0n) is 12.3. The molecule has 118 valence electrons. The number of rotatable bonds is 5. The van der Waals surface area contributed by atoms with Crippen LogP contribution in [0.25, 0.3) is 11.4 Å². The minimum Gasteiger partial charge on any atom is -0.497 e. The van der Waals surface area contributed by atoms with Crippen molar-refractivity contribution in [3.8, 4) is 17.1 Å². The van der Waals surface area contributed by atoms with Crippen molar-refractivity contribution < 1.29 is 9.26 Å². The second-order valence-electron chi connectivity index (χ2n) is 4.53. The van der Waals surface area contributed by atoms with E-state index in [1.165, 1.54) is 17.8 Å². The molecule has 0 fully saturated rings. The van der Waals surface area contributed by atoms with Crippen molar-refractivity contribution in [3.05, 3.63) is 36.2 Å². The van der Waals surface area contributed by atoms with Crippen LogP contribution >= 0.6 is 11.8 Å². The third kappa shape index (κ3) is 3.69. The van der Waals surface area contributed by atoms with Crippen molar-refractivity contribution in [1.29, 1.82) is 0 Å². The summed E-state index contributed by atoms with van der Waals surface area (Å²) in [5.41, 5.74) is 12.1. The van der Waals surface area contributed by atoms with Gasteiger partial charge in [-0.1, -0.05) is 16.9 Å². The molecule has 0 radical (unpaired) electrons. The molecule has 0 atom stereocenters. The summed E-state index contributed by atoms with van der Waals surface area (Å²) in [7, 11) is 1.61. The number of nitrogens with zero attached hydrogens (tertiary/aromatic N) is 4. The molecule has 0 saturated carbocycles. The van der Waals surface area contributed by atoms with Crippen LogP contribution < -0.4 is 16.2 Å². The van der Waals surface area contributed by atoms with E-state index >= 15 is 0 Å². The molecule has 2 heterocycles. The van der Waals surface area contributed by atoms with E-state index in [0.29, 0.717) is 34.3 Å². The Labute approximate surface area is 136 Å². The first-order chi connectivity index (χ1) is 11.1. The number of aromatic nitrogens is 4. The highest BCUT2D eigenvalue weighted by atomic mass is 32.2. The number of hydrogen-bond donors (Lipinski definition) is 2. The largest absolute Gasteiger partial charge is 0.497 e. The van der Waals surface area contributed by atoms with Gasteiger partial charge in [-0.3, -0.25) is 0 Å². The number of nitrogen functional groups attached to an aromatic ring is 2. The molecule has 0 spiro atoms. The minimum absolute atomic E-state index is 0.324. The molecule has 23 heavy (non-hydrogen) atoms. The predicted molar refractivity (Wildman–Crippen MR) is 86.7 cm³/mol. The lowest BCUT2D eigenvalue weighted by molar-refractivity contribution is 0.391. The van der Waals surface area contributed by atoms with Crippen LogP contribution in [0.4, 0.5) is 11.6 Å². The summed E-state index contributed by atoms with van der Waals surface area (Å²) in [5, 5.41) is 4.42. The number of anilines is 2. The minimum atomic E-state index is 0.324. The fourth-order valence-corrected chi connectivity index (χ4v) is 2.53. The molecule has 0 bridgehead atoms. The molecule has 0 amide bonds. The molecule has 9 heteroatoms. The molecule has 1 aromatic carbocycles. The van der Waals surface area contributed by atoms with Gasteiger partial charge >= 0.3 is 0 Å². The van der Waals surface area contributed by atoms with Gasteiger partial charge in [-0.15, -0.1) is 0 Å². The van der Waals surface area contributed by atoms with Crippen molar-refractivity contribution >= 4 is 23.4 Å². The van der Waals surface area contributed by atoms with E-state index in [1.807, 2.05) is 24.3 Å². The molecule has 4 N–H and O–H groups in total. The van der Waals surface area contributed by atoms with Gasteiger partial charge in [0, 0.05) is 11.6 Å². The van der Waals surface area contributed by atoms with Gasteiger partial charge in [0.25, 0.3) is 0 Å². The second-order valence-corrected chi connectivity index (χ2v) is 5.47. The smallest absolute Gasteiger partial charge is 0.237 e. The summed E-state index contributed by atoms with van der Waals surface area (Å²) in [4.78, 5) is 12.5. The Hall–Kier alpha value is -2.81. The van der Waals surface area contributed by atoms with E-state index in [-0.39, 0.29) is 0 Å². The Morgan fingerprint density at radius 1 is 1.09 bits per heavy atom. The Morgan fingerprint density at radius 2 is 1.78 bits per heavy atom. The van der Waals surface area contributed by atoms with E-state index in [0.717, 1.165) is 11.3 Å². The van der Waals surface area contributed by atoms with Crippen molar-refractivity contribution in [1.82, 2.24) is 20.1 Å². The summed E-state index contributed by atoms with van der Waals surface area (Å²) in [6.07, 6.45) is 0. The summed E-state index contributed by atoms with van der Waals surface area (Å²) in [5.74, 6) is 2.81. The first-order valence-corrected chi connectivity index (χ1v) is 7.62. The van der Waals surface area contributed by atoms with E-state index < -0.39 is 0 Å². The number of methoxy groups -OCH3 is 1. The lowest BCUT2D eigenvalue weighted by atomic mass is 10.2. The lowest BCUT2D eigenvalue weighted by Gasteiger charge is -2.00. The van der Waals surface area contributed by atoms with Crippen LogP contribution in [-0.4, -0.2) is 27.2 Å². The standard InChI is InChI=1S/C14H14N6O2S/c1-21-9-4-2-8(3-5-9)13-19-12(22-20-13)7-23-14-17-10(15)6-11(16)18-14/h2-6H,7H2,1H3,(H4,15,16,17,18). The average molecular weight is 330 g/mol. The number of thioether (sulfide) groups is 1. The molecule has 3 rings (SSSR count). The Kier molecular flexibility index (Phi) is 4.29. The SMILES string of the molecule is COc1ccc(-c2noc(CSc3nc(N)cc(N)n3)n2)cc1. The summed E-state index contributed by atoms with van der Waals surface area (Å²) >= 11 is 1.32. The van der Waals surface area contributed by atoms with Gasteiger partial charge in [0.1, 0.15) is 17.4 Å². The molecule has 3 aromatic rings. The molecule has 0 aliphatic rings. The predicted octanol–water partition coefficient (Wildman–Crippen LogP) is 1.99. The van der Waals surface area contributed by atoms with Crippen molar-refractivity contribution in [2.75, 3.05) is 18.6 Å². The van der Waals surface area contributed by atoms with Crippen molar-refractivity contribution in [2.45, 2.75) is 10.9 Å². The van der Waals surface area contributed by atoms with E-state index in [1.54, 1.807) is 7.11 Å². The fourth-order valence-electron chi connectivity index (χ4n) is 1.82. The quantitative estimate of drug-likeness (QED) is 0.533. The highest BCUT2D eigenvalue weighted by Crippen LogP contribution is 2.23. The van der Waals surface area contributed by atoms with E-state index in [4.69, 9.17) is 20.7 Å². The fraction of sp³-hybridized carbons (Fsp3) is 0.143. The molecular formula is C14H14N6O2S. The lowest BCUT2D eigenvalue weighted by Crippen LogP contribution is -1.99. The molecule has 0 saturated heterocycles. The van der Waals surface area contributed by atoms with Gasteiger partial charge in [-0.25, -0.2) is 9.97 Å². The first kappa shape index (κ1) is 15.1. The van der Waals surface area contributed by atoms with Crippen LogP contribution in [0.1, 0.15) is 5.89 Å². The van der Waals surface area contributed by atoms with Gasteiger partial charge in [0.2, 0.25) is 11.7 Å². The van der Waals surface area contributed by atoms with Gasteiger partial charge in [-0.2, -0.15) is 4.98 Å². The molecule has 2 aromatic heterocycles. The third-order valence-corrected chi connectivity index (χ3v) is 3.72. The maximum atomic E-state index is 5.63. The van der Waals surface area contributed by atoms with Crippen LogP contribution in [0.2, 0.25) is 0 Å². The highest BCUT2D eigenvalue weighted by molar-refractivity contribution is 7.98. The van der Waals surface area contributed by atoms with Crippen molar-refractivity contribution in [2.24, 2.45) is 0 Å². The molecule has 0 aliphatic carbocycles. The third-order valence-electron chi connectivity index (χ3n) is 2.89. The molecule has 8 nitrogen and oxygen atoms in total. The van der Waals surface area contributed by atoms with Gasteiger partial charge < -0.3 is 20.7 Å². The Bertz CT molecular complexity index is 785. The number of benzene rings is 1. The van der Waals surface area contributed by atoms with Gasteiger partial charge in [0.15, 0.2) is 5.16 Å². The Balaban J connectivity index is 1.69. The maximum Gasteiger partial charge on any atom is 0.237 e. The van der Waals surface area contributed by atoms with Gasteiger partial charge in [-0.05, 0) is 24.3 Å². The molecule has 0 aliphatic heterocycles. The van der Waals surface area contributed by atoms with Crippen LogP contribution in [0.5, 0.6) is 5.75 Å². The summed E-state index contributed by atoms with van der Waals surface area (Å²) in [6.45, 7) is 0. The number of hydrogen-bond acceptors (Lipinski definition) is 9. The zero-order chi connectivity index (χ0) is 16.2. The van der Waals surface area contributed by atoms with Crippen LogP contribution in [-0.2, 0) is 5.75 Å². The number of nitrogens with two attached hydrogens (primary N) is 2. The van der Waals surface area contributed by atoms with Crippen LogP contribution in [0.15, 0.2) is 40.0 Å². The van der Waals surface area contributed by atoms with E-state index in [9.17, 15) is 0 Å². The Morgan fingerprint density at radius 3 is 2.43 bits per heavy atom. The monoisotopic (exact) mass is 330 g/mol.